The minimum Gasteiger partial charge on any atom is -0.481 e. The minimum atomic E-state index is -0.907. The number of fused-ring (bicyclic) bond motifs is 3. The number of carbonyl (C=O) groups is 1. The number of benzene rings is 1. The quantitative estimate of drug-likeness (QED) is 0.590. The van der Waals surface area contributed by atoms with Gasteiger partial charge in [-0.2, -0.15) is 0 Å². The molecule has 7 heteroatoms. The molecule has 0 saturated heterocycles. The van der Waals surface area contributed by atoms with Gasteiger partial charge in [-0.3, -0.25) is 4.79 Å². The molecular weight excluding hydrogens is 288 g/mol. The van der Waals surface area contributed by atoms with E-state index in [1.165, 1.54) is 6.33 Å². The van der Waals surface area contributed by atoms with Crippen molar-refractivity contribution in [2.45, 2.75) is 5.03 Å². The zero-order valence-electron chi connectivity index (χ0n) is 9.46. The van der Waals surface area contributed by atoms with Crippen LogP contribution in [0.25, 0.3) is 22.1 Å². The van der Waals surface area contributed by atoms with E-state index in [0.29, 0.717) is 26.7 Å². The number of furan rings is 1. The highest BCUT2D eigenvalue weighted by atomic mass is 35.5. The van der Waals surface area contributed by atoms with E-state index in [4.69, 9.17) is 21.1 Å². The first-order valence-electron chi connectivity index (χ1n) is 5.32. The fraction of sp³-hybridized carbons (Fsp3) is 0.0833. The number of aliphatic carboxylic acids is 1. The second kappa shape index (κ2) is 4.71. The van der Waals surface area contributed by atoms with Crippen molar-refractivity contribution in [2.24, 2.45) is 0 Å². The van der Waals surface area contributed by atoms with Gasteiger partial charge < -0.3 is 9.52 Å². The molecule has 0 amide bonds. The van der Waals surface area contributed by atoms with Crippen molar-refractivity contribution < 1.29 is 14.3 Å². The standard InChI is InChI=1S/C12H7ClN2O3S/c13-6-1-2-8-7(3-6)10-11(18-8)12(15-5-14-10)19-4-9(16)17/h1-3,5H,4H2,(H,16,17). The number of aromatic nitrogens is 2. The predicted molar refractivity (Wildman–Crippen MR) is 72.7 cm³/mol. The van der Waals surface area contributed by atoms with Crippen LogP contribution in [0.1, 0.15) is 0 Å². The summed E-state index contributed by atoms with van der Waals surface area (Å²) in [6.45, 7) is 0. The van der Waals surface area contributed by atoms with Crippen LogP contribution >= 0.6 is 23.4 Å². The highest BCUT2D eigenvalue weighted by Gasteiger charge is 2.14. The van der Waals surface area contributed by atoms with Crippen LogP contribution < -0.4 is 0 Å². The van der Waals surface area contributed by atoms with E-state index < -0.39 is 5.97 Å². The van der Waals surface area contributed by atoms with E-state index in [9.17, 15) is 4.79 Å². The molecule has 0 unspecified atom stereocenters. The van der Waals surface area contributed by atoms with Crippen molar-refractivity contribution in [1.29, 1.82) is 0 Å². The average molecular weight is 295 g/mol. The van der Waals surface area contributed by atoms with Crippen LogP contribution in [-0.4, -0.2) is 26.8 Å². The second-order valence-electron chi connectivity index (χ2n) is 3.78. The van der Waals surface area contributed by atoms with Crippen molar-refractivity contribution in [1.82, 2.24) is 9.97 Å². The number of hydrogen-bond acceptors (Lipinski definition) is 5. The Balaban J connectivity index is 2.19. The van der Waals surface area contributed by atoms with E-state index in [-0.39, 0.29) is 5.75 Å². The number of rotatable bonds is 3. The van der Waals surface area contributed by atoms with Crippen LogP contribution in [0.4, 0.5) is 0 Å². The Hall–Kier alpha value is -1.79. The third kappa shape index (κ3) is 2.24. The molecule has 19 heavy (non-hydrogen) atoms. The normalized spacial score (nSPS) is 11.2. The first-order valence-corrected chi connectivity index (χ1v) is 6.69. The second-order valence-corrected chi connectivity index (χ2v) is 5.18. The van der Waals surface area contributed by atoms with Crippen LogP contribution in [0.15, 0.2) is 34.0 Å². The van der Waals surface area contributed by atoms with Gasteiger partial charge in [-0.25, -0.2) is 9.97 Å². The van der Waals surface area contributed by atoms with Gasteiger partial charge in [0, 0.05) is 10.4 Å². The van der Waals surface area contributed by atoms with E-state index in [2.05, 4.69) is 9.97 Å². The fourth-order valence-corrected chi connectivity index (χ4v) is 2.58. The molecule has 0 aliphatic rings. The van der Waals surface area contributed by atoms with Crippen molar-refractivity contribution in [3.05, 3.63) is 29.5 Å². The van der Waals surface area contributed by atoms with Gasteiger partial charge in [0.25, 0.3) is 0 Å². The maximum atomic E-state index is 10.6. The molecule has 0 spiro atoms. The summed E-state index contributed by atoms with van der Waals surface area (Å²) >= 11 is 7.05. The molecule has 0 saturated carbocycles. The third-order valence-corrected chi connectivity index (χ3v) is 3.70. The van der Waals surface area contributed by atoms with Crippen LogP contribution in [0, 0.1) is 0 Å². The maximum absolute atomic E-state index is 10.6. The molecule has 0 radical (unpaired) electrons. The number of nitrogens with zero attached hydrogens (tertiary/aromatic N) is 2. The Morgan fingerprint density at radius 1 is 1.42 bits per heavy atom. The molecule has 3 rings (SSSR count). The van der Waals surface area contributed by atoms with Crippen molar-refractivity contribution in [3.8, 4) is 0 Å². The van der Waals surface area contributed by atoms with Gasteiger partial charge in [-0.1, -0.05) is 23.4 Å². The monoisotopic (exact) mass is 294 g/mol. The molecule has 96 valence electrons. The summed E-state index contributed by atoms with van der Waals surface area (Å²) in [4.78, 5) is 18.8. The average Bonchev–Trinajstić information content (AvgIpc) is 2.75. The van der Waals surface area contributed by atoms with Gasteiger partial charge in [0.1, 0.15) is 22.5 Å². The minimum absolute atomic E-state index is 0.0794. The highest BCUT2D eigenvalue weighted by Crippen LogP contribution is 2.33. The van der Waals surface area contributed by atoms with Crippen molar-refractivity contribution >= 4 is 51.4 Å². The molecule has 2 heterocycles. The molecular formula is C12H7ClN2O3S. The lowest BCUT2D eigenvalue weighted by Crippen LogP contribution is -1.98. The van der Waals surface area contributed by atoms with Gasteiger partial charge in [0.15, 0.2) is 5.58 Å². The summed E-state index contributed by atoms with van der Waals surface area (Å²) in [7, 11) is 0. The van der Waals surface area contributed by atoms with Gasteiger partial charge in [-0.15, -0.1) is 0 Å². The SMILES string of the molecule is O=C(O)CSc1ncnc2c1oc1ccc(Cl)cc12. The van der Waals surface area contributed by atoms with E-state index >= 15 is 0 Å². The Morgan fingerprint density at radius 3 is 3.05 bits per heavy atom. The lowest BCUT2D eigenvalue weighted by atomic mass is 10.2. The number of halogens is 1. The summed E-state index contributed by atoms with van der Waals surface area (Å²) < 4.78 is 5.67. The summed E-state index contributed by atoms with van der Waals surface area (Å²) in [5, 5.41) is 10.6. The zero-order chi connectivity index (χ0) is 13.4. The fourth-order valence-electron chi connectivity index (χ4n) is 1.76. The van der Waals surface area contributed by atoms with E-state index in [1.54, 1.807) is 18.2 Å². The molecule has 2 aromatic heterocycles. The summed E-state index contributed by atoms with van der Waals surface area (Å²) in [6.07, 6.45) is 1.39. The van der Waals surface area contributed by atoms with E-state index in [1.807, 2.05) is 0 Å². The molecule has 5 nitrogen and oxygen atoms in total. The van der Waals surface area contributed by atoms with Crippen molar-refractivity contribution in [2.75, 3.05) is 5.75 Å². The Bertz CT molecular complexity index is 787. The summed E-state index contributed by atoms with van der Waals surface area (Å²) in [5.41, 5.74) is 1.78. The Kier molecular flexibility index (Phi) is 3.04. The molecule has 0 fully saturated rings. The predicted octanol–water partition coefficient (Wildman–Crippen LogP) is 3.21. The van der Waals surface area contributed by atoms with Crippen LogP contribution in [0.5, 0.6) is 0 Å². The molecule has 0 aliphatic heterocycles. The smallest absolute Gasteiger partial charge is 0.313 e. The molecule has 1 aromatic carbocycles. The Morgan fingerprint density at radius 2 is 2.26 bits per heavy atom. The Labute approximate surface area is 116 Å². The van der Waals surface area contributed by atoms with Gasteiger partial charge in [0.2, 0.25) is 0 Å². The number of carboxylic acid groups (broad SMARTS) is 1. The number of carboxylic acids is 1. The van der Waals surface area contributed by atoms with E-state index in [0.717, 1.165) is 17.1 Å². The molecule has 0 atom stereocenters. The van der Waals surface area contributed by atoms with Crippen LogP contribution in [-0.2, 0) is 4.79 Å². The topological polar surface area (TPSA) is 76.2 Å². The van der Waals surface area contributed by atoms with Gasteiger partial charge >= 0.3 is 5.97 Å². The first-order chi connectivity index (χ1) is 9.15. The van der Waals surface area contributed by atoms with Crippen molar-refractivity contribution in [3.63, 3.8) is 0 Å². The summed E-state index contributed by atoms with van der Waals surface area (Å²) in [6, 6.07) is 5.25. The number of hydrogen-bond donors (Lipinski definition) is 1. The van der Waals surface area contributed by atoms with Crippen LogP contribution in [0.3, 0.4) is 0 Å². The highest BCUT2D eigenvalue weighted by molar-refractivity contribution is 8.00. The third-order valence-electron chi connectivity index (χ3n) is 2.51. The molecule has 1 N–H and O–H groups in total. The summed E-state index contributed by atoms with van der Waals surface area (Å²) in [5.74, 6) is -0.986. The zero-order valence-corrected chi connectivity index (χ0v) is 11.0. The van der Waals surface area contributed by atoms with Gasteiger partial charge in [-0.05, 0) is 18.2 Å². The maximum Gasteiger partial charge on any atom is 0.313 e. The van der Waals surface area contributed by atoms with Gasteiger partial charge in [0.05, 0.1) is 5.75 Å². The lowest BCUT2D eigenvalue weighted by molar-refractivity contribution is -0.133. The van der Waals surface area contributed by atoms with Crippen LogP contribution in [0.2, 0.25) is 5.02 Å². The largest absolute Gasteiger partial charge is 0.481 e. The lowest BCUT2D eigenvalue weighted by Gasteiger charge is -1.97. The molecule has 3 aromatic rings. The molecule has 0 aliphatic carbocycles. The first kappa shape index (κ1) is 12.3. The number of thioether (sulfide) groups is 1. The molecule has 0 bridgehead atoms.